The molecule has 0 N–H and O–H groups in total. The molecule has 0 aliphatic carbocycles. The number of nitrogens with zero attached hydrogens (tertiary/aromatic N) is 1. The molecule has 0 bridgehead atoms. The molecular formula is C22H24FNO3. The highest BCUT2D eigenvalue weighted by Crippen LogP contribution is 2.35. The maximum atomic E-state index is 13.0. The minimum atomic E-state index is -0.288. The smallest absolute Gasteiger partial charge is 0.246 e. The molecule has 0 saturated heterocycles. The predicted octanol–water partition coefficient (Wildman–Crippen LogP) is 4.22. The van der Waals surface area contributed by atoms with E-state index in [0.717, 1.165) is 34.6 Å². The lowest BCUT2D eigenvalue weighted by molar-refractivity contribution is -0.125. The van der Waals surface area contributed by atoms with Gasteiger partial charge in [-0.1, -0.05) is 12.1 Å². The monoisotopic (exact) mass is 369 g/mol. The summed E-state index contributed by atoms with van der Waals surface area (Å²) in [4.78, 5) is 14.0. The summed E-state index contributed by atoms with van der Waals surface area (Å²) in [6.45, 7) is 4.92. The highest BCUT2D eigenvalue weighted by molar-refractivity contribution is 5.92. The fraction of sp³-hybridized carbons (Fsp3) is 0.318. The van der Waals surface area contributed by atoms with Gasteiger partial charge in [0.15, 0.2) is 0 Å². The Kier molecular flexibility index (Phi) is 5.79. The summed E-state index contributed by atoms with van der Waals surface area (Å²) in [7, 11) is 1.72. The first-order valence-electron chi connectivity index (χ1n) is 9.10. The van der Waals surface area contributed by atoms with Crippen LogP contribution in [-0.2, 0) is 17.8 Å². The number of rotatable bonds is 6. The van der Waals surface area contributed by atoms with Gasteiger partial charge in [-0.15, -0.1) is 0 Å². The van der Waals surface area contributed by atoms with Crippen molar-refractivity contribution in [2.75, 3.05) is 13.7 Å². The summed E-state index contributed by atoms with van der Waals surface area (Å²) >= 11 is 0. The van der Waals surface area contributed by atoms with Crippen molar-refractivity contribution in [3.05, 3.63) is 65.0 Å². The molecule has 1 unspecified atom stereocenters. The molecule has 5 heteroatoms. The minimum Gasteiger partial charge on any atom is -0.493 e. The molecule has 27 heavy (non-hydrogen) atoms. The molecule has 1 atom stereocenters. The Morgan fingerprint density at radius 3 is 2.78 bits per heavy atom. The largest absolute Gasteiger partial charge is 0.493 e. The Labute approximate surface area is 159 Å². The van der Waals surface area contributed by atoms with Crippen molar-refractivity contribution >= 4 is 12.0 Å². The quantitative estimate of drug-likeness (QED) is 0.716. The molecule has 0 radical (unpaired) electrons. The molecule has 4 nitrogen and oxygen atoms in total. The van der Waals surface area contributed by atoms with Crippen molar-refractivity contribution in [1.29, 1.82) is 0 Å². The van der Waals surface area contributed by atoms with E-state index in [1.807, 2.05) is 26.0 Å². The summed E-state index contributed by atoms with van der Waals surface area (Å²) < 4.78 is 24.5. The Morgan fingerprint density at radius 1 is 1.33 bits per heavy atom. The third-order valence-corrected chi connectivity index (χ3v) is 4.44. The zero-order valence-electron chi connectivity index (χ0n) is 15.9. The van der Waals surface area contributed by atoms with Crippen LogP contribution in [0.25, 0.3) is 6.08 Å². The lowest BCUT2D eigenvalue weighted by Gasteiger charge is -2.15. The van der Waals surface area contributed by atoms with Crippen molar-refractivity contribution in [2.24, 2.45) is 0 Å². The number of hydrogen-bond acceptors (Lipinski definition) is 3. The van der Waals surface area contributed by atoms with E-state index in [-0.39, 0.29) is 17.8 Å². The first-order valence-corrected chi connectivity index (χ1v) is 9.10. The number of benzene rings is 2. The van der Waals surface area contributed by atoms with Gasteiger partial charge >= 0.3 is 0 Å². The summed E-state index contributed by atoms with van der Waals surface area (Å²) in [5, 5.41) is 0. The van der Waals surface area contributed by atoms with Crippen molar-refractivity contribution in [2.45, 2.75) is 32.9 Å². The van der Waals surface area contributed by atoms with Gasteiger partial charge in [-0.2, -0.15) is 0 Å². The second-order valence-electron chi connectivity index (χ2n) is 6.72. The van der Waals surface area contributed by atoms with Gasteiger partial charge in [0, 0.05) is 37.2 Å². The summed E-state index contributed by atoms with van der Waals surface area (Å²) in [6, 6.07) is 10.1. The summed E-state index contributed by atoms with van der Waals surface area (Å²) in [6.07, 6.45) is 4.28. The van der Waals surface area contributed by atoms with Gasteiger partial charge in [0.1, 0.15) is 23.4 Å². The van der Waals surface area contributed by atoms with Crippen LogP contribution >= 0.6 is 0 Å². The van der Waals surface area contributed by atoms with Gasteiger partial charge < -0.3 is 14.4 Å². The molecule has 2 aromatic carbocycles. The van der Waals surface area contributed by atoms with Crippen LogP contribution in [0.2, 0.25) is 0 Å². The molecule has 1 aliphatic heterocycles. The predicted molar refractivity (Wildman–Crippen MR) is 103 cm³/mol. The molecule has 1 aliphatic rings. The number of fused-ring (bicyclic) bond motifs is 1. The van der Waals surface area contributed by atoms with E-state index < -0.39 is 0 Å². The minimum absolute atomic E-state index is 0.142. The van der Waals surface area contributed by atoms with Crippen LogP contribution in [0.4, 0.5) is 4.39 Å². The average molecular weight is 369 g/mol. The van der Waals surface area contributed by atoms with Crippen LogP contribution < -0.4 is 9.47 Å². The normalized spacial score (nSPS) is 15.5. The highest BCUT2D eigenvalue weighted by Gasteiger charge is 2.21. The first kappa shape index (κ1) is 19.0. The third-order valence-electron chi connectivity index (χ3n) is 4.44. The molecule has 142 valence electrons. The van der Waals surface area contributed by atoms with Crippen LogP contribution in [-0.4, -0.2) is 30.6 Å². The lowest BCUT2D eigenvalue weighted by atomic mass is 10.1. The fourth-order valence-corrected chi connectivity index (χ4v) is 3.10. The van der Waals surface area contributed by atoms with Gasteiger partial charge in [-0.3, -0.25) is 4.79 Å². The maximum Gasteiger partial charge on any atom is 0.246 e. The van der Waals surface area contributed by atoms with Gasteiger partial charge in [0.25, 0.3) is 0 Å². The fourth-order valence-electron chi connectivity index (χ4n) is 3.10. The number of hydrogen-bond donors (Lipinski definition) is 0. The van der Waals surface area contributed by atoms with Crippen molar-refractivity contribution in [1.82, 2.24) is 4.90 Å². The Morgan fingerprint density at radius 2 is 2.07 bits per heavy atom. The van der Waals surface area contributed by atoms with E-state index in [0.29, 0.717) is 13.2 Å². The zero-order valence-corrected chi connectivity index (χ0v) is 15.9. The standard InChI is InChI=1S/C22H24FNO3/c1-4-26-20-13-18-11-15(2)27-21(18)12-17(20)7-10-22(25)24(3)14-16-5-8-19(23)9-6-16/h5-10,12-13,15H,4,11,14H2,1-3H3. The number of carbonyl (C=O) groups is 1. The molecular weight excluding hydrogens is 345 g/mol. The molecule has 3 rings (SSSR count). The Bertz CT molecular complexity index is 845. The summed E-state index contributed by atoms with van der Waals surface area (Å²) in [5.41, 5.74) is 2.81. The van der Waals surface area contributed by atoms with Crippen LogP contribution in [0.15, 0.2) is 42.5 Å². The van der Waals surface area contributed by atoms with E-state index in [2.05, 4.69) is 0 Å². The number of ether oxygens (including phenoxy) is 2. The van der Waals surface area contributed by atoms with Crippen molar-refractivity contribution < 1.29 is 18.7 Å². The van der Waals surface area contributed by atoms with Gasteiger partial charge in [-0.05, 0) is 49.8 Å². The van der Waals surface area contributed by atoms with Crippen LogP contribution in [0.1, 0.15) is 30.5 Å². The zero-order chi connectivity index (χ0) is 19.4. The highest BCUT2D eigenvalue weighted by atomic mass is 19.1. The van der Waals surface area contributed by atoms with Crippen molar-refractivity contribution in [3.8, 4) is 11.5 Å². The number of carbonyl (C=O) groups excluding carboxylic acids is 1. The van der Waals surface area contributed by atoms with Gasteiger partial charge in [0.2, 0.25) is 5.91 Å². The van der Waals surface area contributed by atoms with Gasteiger partial charge in [0.05, 0.1) is 6.61 Å². The number of amides is 1. The van der Waals surface area contributed by atoms with Crippen molar-refractivity contribution in [3.63, 3.8) is 0 Å². The van der Waals surface area contributed by atoms with Crippen LogP contribution in [0, 0.1) is 5.82 Å². The molecule has 0 spiro atoms. The topological polar surface area (TPSA) is 38.8 Å². The number of halogens is 1. The number of likely N-dealkylation sites (N-methyl/N-ethyl adjacent to an activating group) is 1. The van der Waals surface area contributed by atoms with E-state index in [9.17, 15) is 9.18 Å². The third kappa shape index (κ3) is 4.67. The molecule has 0 saturated carbocycles. The van der Waals surface area contributed by atoms with Crippen LogP contribution in [0.5, 0.6) is 11.5 Å². The lowest BCUT2D eigenvalue weighted by Crippen LogP contribution is -2.24. The summed E-state index contributed by atoms with van der Waals surface area (Å²) in [5.74, 6) is 1.16. The maximum absolute atomic E-state index is 13.0. The molecule has 1 heterocycles. The second kappa shape index (κ2) is 8.25. The van der Waals surface area contributed by atoms with E-state index in [1.165, 1.54) is 18.2 Å². The molecule has 1 amide bonds. The molecule has 2 aromatic rings. The van der Waals surface area contributed by atoms with E-state index in [4.69, 9.17) is 9.47 Å². The van der Waals surface area contributed by atoms with E-state index in [1.54, 1.807) is 30.2 Å². The second-order valence-corrected chi connectivity index (χ2v) is 6.72. The molecule has 0 fully saturated rings. The SMILES string of the molecule is CCOc1cc2c(cc1C=CC(=O)N(C)Cc1ccc(F)cc1)OC(C)C2. The Balaban J connectivity index is 1.73. The van der Waals surface area contributed by atoms with E-state index >= 15 is 0 Å². The van der Waals surface area contributed by atoms with Gasteiger partial charge in [-0.25, -0.2) is 4.39 Å². The Hall–Kier alpha value is -2.82. The molecule has 0 aromatic heterocycles. The van der Waals surface area contributed by atoms with Crippen LogP contribution in [0.3, 0.4) is 0 Å². The average Bonchev–Trinajstić information content (AvgIpc) is 3.00. The first-order chi connectivity index (χ1) is 13.0.